The molecule has 3 N–H and O–H groups in total. The fraction of sp³-hybridized carbons (Fsp3) is 0.917. The molecule has 1 aliphatic rings. The molecule has 0 aromatic heterocycles. The third-order valence-electron chi connectivity index (χ3n) is 3.18. The van der Waals surface area contributed by atoms with Gasteiger partial charge in [-0.2, -0.15) is 0 Å². The third-order valence-corrected chi connectivity index (χ3v) is 3.18. The number of methoxy groups -OCH3 is 1. The monoisotopic (exact) mass is 322 g/mol. The molecule has 1 heterocycles. The van der Waals surface area contributed by atoms with Gasteiger partial charge in [-0.1, -0.05) is 6.92 Å². The van der Waals surface area contributed by atoms with E-state index in [1.54, 1.807) is 7.11 Å². The van der Waals surface area contributed by atoms with Gasteiger partial charge >= 0.3 is 0 Å². The van der Waals surface area contributed by atoms with Crippen molar-refractivity contribution < 1.29 is 4.74 Å². The Kier molecular flexibility index (Phi) is 10.4. The average Bonchev–Trinajstić information content (AvgIpc) is 2.37. The predicted molar refractivity (Wildman–Crippen MR) is 81.5 cm³/mol. The Morgan fingerprint density at radius 3 is 3.00 bits per heavy atom. The van der Waals surface area contributed by atoms with E-state index in [1.807, 2.05) is 0 Å². The maximum Gasteiger partial charge on any atom is 0.188 e. The molecule has 108 valence electrons. The van der Waals surface area contributed by atoms with E-state index < -0.39 is 0 Å². The number of hydrogen-bond donors (Lipinski definition) is 2. The lowest BCUT2D eigenvalue weighted by atomic mass is 9.98. The summed E-state index contributed by atoms with van der Waals surface area (Å²) in [5.74, 6) is 1.20. The second kappa shape index (κ2) is 10.6. The molecule has 1 fully saturated rings. The number of nitrogens with zero attached hydrogens (tertiary/aromatic N) is 2. The third kappa shape index (κ3) is 7.18. The van der Waals surface area contributed by atoms with Crippen molar-refractivity contribution in [2.24, 2.45) is 16.6 Å². The van der Waals surface area contributed by atoms with E-state index in [4.69, 9.17) is 10.5 Å². The number of nitrogens with one attached hydrogen (secondary N) is 1. The van der Waals surface area contributed by atoms with Crippen LogP contribution in [0.3, 0.4) is 0 Å². The first kappa shape index (κ1) is 17.7. The Balaban J connectivity index is 0.00000289. The minimum Gasteiger partial charge on any atom is -0.383 e. The fourth-order valence-corrected chi connectivity index (χ4v) is 2.15. The van der Waals surface area contributed by atoms with Gasteiger partial charge in [0.15, 0.2) is 5.96 Å². The summed E-state index contributed by atoms with van der Waals surface area (Å²) in [6, 6.07) is 0. The average molecular weight is 323 g/mol. The predicted octanol–water partition coefficient (Wildman–Crippen LogP) is 0.847. The molecule has 1 saturated heterocycles. The smallest absolute Gasteiger partial charge is 0.188 e. The first-order chi connectivity index (χ1) is 8.26. The van der Waals surface area contributed by atoms with E-state index in [0.29, 0.717) is 18.5 Å². The second-order valence-electron chi connectivity index (χ2n) is 4.55. The zero-order chi connectivity index (χ0) is 12.5. The summed E-state index contributed by atoms with van der Waals surface area (Å²) in [6.45, 7) is 7.96. The molecule has 0 aliphatic carbocycles. The lowest BCUT2D eigenvalue weighted by Gasteiger charge is -2.30. The molecule has 6 heteroatoms. The highest BCUT2D eigenvalue weighted by Gasteiger charge is 2.17. The van der Waals surface area contributed by atoms with Crippen LogP contribution >= 0.6 is 17.0 Å². The Morgan fingerprint density at radius 2 is 2.33 bits per heavy atom. The molecular weight excluding hydrogens is 296 g/mol. The van der Waals surface area contributed by atoms with E-state index in [2.05, 4.69) is 22.1 Å². The van der Waals surface area contributed by atoms with Gasteiger partial charge in [-0.05, 0) is 31.8 Å². The lowest BCUT2D eigenvalue weighted by Crippen LogP contribution is -2.38. The summed E-state index contributed by atoms with van der Waals surface area (Å²) in [6.07, 6.45) is 2.55. The molecule has 0 radical (unpaired) electrons. The fourth-order valence-electron chi connectivity index (χ4n) is 2.15. The zero-order valence-electron chi connectivity index (χ0n) is 11.5. The summed E-state index contributed by atoms with van der Waals surface area (Å²) >= 11 is 0. The Bertz CT molecular complexity index is 238. The summed E-state index contributed by atoms with van der Waals surface area (Å²) in [4.78, 5) is 6.87. The molecule has 1 rings (SSSR count). The van der Waals surface area contributed by atoms with E-state index >= 15 is 0 Å². The molecule has 18 heavy (non-hydrogen) atoms. The Labute approximate surface area is 121 Å². The number of likely N-dealkylation sites (tertiary alicyclic amines) is 1. The van der Waals surface area contributed by atoms with Crippen molar-refractivity contribution in [2.45, 2.75) is 19.8 Å². The number of nitrogens with two attached hydrogens (primary N) is 1. The number of piperidine rings is 1. The molecule has 0 amide bonds. The topological polar surface area (TPSA) is 62.9 Å². The first-order valence-corrected chi connectivity index (χ1v) is 6.51. The van der Waals surface area contributed by atoms with Crippen LogP contribution in [0.5, 0.6) is 0 Å². The summed E-state index contributed by atoms with van der Waals surface area (Å²) in [5.41, 5.74) is 5.77. The molecule has 0 bridgehead atoms. The van der Waals surface area contributed by atoms with Crippen LogP contribution < -0.4 is 11.1 Å². The van der Waals surface area contributed by atoms with Crippen LogP contribution in [-0.2, 0) is 4.74 Å². The van der Waals surface area contributed by atoms with Crippen LogP contribution in [-0.4, -0.2) is 57.3 Å². The molecule has 1 aliphatic heterocycles. The van der Waals surface area contributed by atoms with Crippen LogP contribution in [0.1, 0.15) is 19.8 Å². The lowest BCUT2D eigenvalue weighted by molar-refractivity contribution is 0.186. The van der Waals surface area contributed by atoms with Crippen LogP contribution in [0.15, 0.2) is 4.99 Å². The van der Waals surface area contributed by atoms with Gasteiger partial charge in [0.25, 0.3) is 0 Å². The number of hydrogen-bond acceptors (Lipinski definition) is 3. The molecule has 1 atom stereocenters. The van der Waals surface area contributed by atoms with Gasteiger partial charge < -0.3 is 20.7 Å². The van der Waals surface area contributed by atoms with Crippen LogP contribution in [0.4, 0.5) is 0 Å². The number of ether oxygens (including phenoxy) is 1. The molecule has 5 nitrogen and oxygen atoms in total. The van der Waals surface area contributed by atoms with Gasteiger partial charge in [0, 0.05) is 26.7 Å². The maximum absolute atomic E-state index is 5.77. The minimum absolute atomic E-state index is 0. The highest BCUT2D eigenvalue weighted by atomic mass is 79.9. The molecule has 1 unspecified atom stereocenters. The normalized spacial score (nSPS) is 21.4. The largest absolute Gasteiger partial charge is 0.383 e. The molecule has 0 aromatic rings. The molecular formula is C12H27BrN4O. The van der Waals surface area contributed by atoms with E-state index in [-0.39, 0.29) is 17.0 Å². The van der Waals surface area contributed by atoms with Crippen molar-refractivity contribution in [3.63, 3.8) is 0 Å². The van der Waals surface area contributed by atoms with Crippen LogP contribution in [0.25, 0.3) is 0 Å². The molecule has 0 spiro atoms. The SMILES string of the molecule is Br.CCN1CCCC(CN=C(N)NCCOC)C1. The first-order valence-electron chi connectivity index (χ1n) is 6.51. The number of aliphatic imine (C=N–C) groups is 1. The van der Waals surface area contributed by atoms with Gasteiger partial charge in [0.1, 0.15) is 0 Å². The highest BCUT2D eigenvalue weighted by Crippen LogP contribution is 2.16. The summed E-state index contributed by atoms with van der Waals surface area (Å²) < 4.78 is 4.94. The van der Waals surface area contributed by atoms with Crippen molar-refractivity contribution in [3.05, 3.63) is 0 Å². The summed E-state index contributed by atoms with van der Waals surface area (Å²) in [7, 11) is 1.68. The number of halogens is 1. The Hall–Kier alpha value is -0.330. The van der Waals surface area contributed by atoms with Crippen LogP contribution in [0, 0.1) is 5.92 Å². The zero-order valence-corrected chi connectivity index (χ0v) is 13.2. The van der Waals surface area contributed by atoms with Crippen LogP contribution in [0.2, 0.25) is 0 Å². The van der Waals surface area contributed by atoms with Crippen molar-refractivity contribution in [3.8, 4) is 0 Å². The minimum atomic E-state index is 0. The van der Waals surface area contributed by atoms with Gasteiger partial charge in [-0.3, -0.25) is 4.99 Å². The molecule has 0 aromatic carbocycles. The van der Waals surface area contributed by atoms with Crippen molar-refractivity contribution >= 4 is 22.9 Å². The van der Waals surface area contributed by atoms with Crippen molar-refractivity contribution in [2.75, 3.05) is 46.4 Å². The van der Waals surface area contributed by atoms with E-state index in [9.17, 15) is 0 Å². The molecule has 0 saturated carbocycles. The second-order valence-corrected chi connectivity index (χ2v) is 4.55. The van der Waals surface area contributed by atoms with Crippen molar-refractivity contribution in [1.29, 1.82) is 0 Å². The Morgan fingerprint density at radius 1 is 1.56 bits per heavy atom. The van der Waals surface area contributed by atoms with E-state index in [1.165, 1.54) is 19.4 Å². The van der Waals surface area contributed by atoms with Gasteiger partial charge in [-0.25, -0.2) is 0 Å². The van der Waals surface area contributed by atoms with Gasteiger partial charge in [-0.15, -0.1) is 17.0 Å². The van der Waals surface area contributed by atoms with Gasteiger partial charge in [0.05, 0.1) is 6.61 Å². The van der Waals surface area contributed by atoms with Gasteiger partial charge in [0.2, 0.25) is 0 Å². The van der Waals surface area contributed by atoms with Crippen molar-refractivity contribution in [1.82, 2.24) is 10.2 Å². The quantitative estimate of drug-likeness (QED) is 0.432. The maximum atomic E-state index is 5.77. The summed E-state index contributed by atoms with van der Waals surface area (Å²) in [5, 5.41) is 3.04. The van der Waals surface area contributed by atoms with E-state index in [0.717, 1.165) is 26.2 Å². The number of rotatable bonds is 6. The standard InChI is InChI=1S/C12H26N4O.BrH/c1-3-16-7-4-5-11(10-16)9-15-12(13)14-6-8-17-2;/h11H,3-10H2,1-2H3,(H3,13,14,15);1H. The highest BCUT2D eigenvalue weighted by molar-refractivity contribution is 8.93. The number of guanidine groups is 1.